The molecule has 0 saturated carbocycles. The second-order valence-corrected chi connectivity index (χ2v) is 8.45. The first kappa shape index (κ1) is 17.0. The van der Waals surface area contributed by atoms with E-state index < -0.39 is 21.6 Å². The molecule has 0 spiro atoms. The predicted octanol–water partition coefficient (Wildman–Crippen LogP) is 3.88. The maximum Gasteiger partial charge on any atom is 0.175 e. The van der Waals surface area contributed by atoms with Gasteiger partial charge >= 0.3 is 0 Å². The van der Waals surface area contributed by atoms with Gasteiger partial charge in [-0.15, -0.1) is 0 Å². The van der Waals surface area contributed by atoms with Gasteiger partial charge in [0.1, 0.15) is 0 Å². The quantitative estimate of drug-likeness (QED) is 0.679. The van der Waals surface area contributed by atoms with Gasteiger partial charge in [0.05, 0.1) is 11.4 Å². The third-order valence-corrected chi connectivity index (χ3v) is 5.75. The molecular weight excluding hydrogens is 360 g/mol. The highest BCUT2D eigenvalue weighted by Gasteiger charge is 2.11. The maximum absolute atomic E-state index is 11.5. The van der Waals surface area contributed by atoms with E-state index in [9.17, 15) is 8.42 Å². The molecule has 4 nitrogen and oxygen atoms in total. The molecule has 0 saturated heterocycles. The Morgan fingerprint density at radius 3 is 1.33 bits per heavy atom. The smallest absolute Gasteiger partial charge is 0.175 e. The molecule has 1 heterocycles. The van der Waals surface area contributed by atoms with E-state index in [1.54, 1.807) is 12.5 Å². The molecule has 0 bridgehead atoms. The highest BCUT2D eigenvalue weighted by Crippen LogP contribution is 2.30. The maximum atomic E-state index is 11.5. The van der Waals surface area contributed by atoms with E-state index >= 15 is 0 Å². The van der Waals surface area contributed by atoms with Crippen molar-refractivity contribution >= 4 is 33.8 Å². The number of rotatable bonds is 4. The van der Waals surface area contributed by atoms with Gasteiger partial charge < -0.3 is 9.97 Å². The van der Waals surface area contributed by atoms with Crippen LogP contribution in [-0.4, -0.2) is 30.9 Å². The van der Waals surface area contributed by atoms with Crippen molar-refractivity contribution in [2.45, 2.75) is 9.79 Å². The number of H-pyrrole nitrogens is 2. The normalized spacial score (nSPS) is 13.6. The summed E-state index contributed by atoms with van der Waals surface area (Å²) in [6.07, 6.45) is 3.31. The van der Waals surface area contributed by atoms with Crippen LogP contribution in [0.4, 0.5) is 0 Å². The number of nitrogens with one attached hydrogen (secondary N) is 2. The van der Waals surface area contributed by atoms with Gasteiger partial charge in [0.25, 0.3) is 0 Å². The molecule has 3 rings (SSSR count). The minimum absolute atomic E-state index is 0.534. The van der Waals surface area contributed by atoms with E-state index in [4.69, 9.17) is 12.2 Å². The molecular formula is C17H16N2O2S3. The summed E-state index contributed by atoms with van der Waals surface area (Å²) in [5.74, 6) is 0. The van der Waals surface area contributed by atoms with E-state index in [0.717, 1.165) is 32.3 Å². The number of benzene rings is 2. The van der Waals surface area contributed by atoms with Crippen molar-refractivity contribution in [3.63, 3.8) is 0 Å². The van der Waals surface area contributed by atoms with E-state index in [0.29, 0.717) is 4.77 Å². The standard InChI is InChI=1S/C17H16N2O2S3/c1-23(20)13-7-3-11(4-8-13)15-16(19-17(22)18-15)12-5-9-14(10-6-12)24(2)21/h3-10H,1-2H3,(H2,18,19,22). The van der Waals surface area contributed by atoms with Crippen molar-refractivity contribution in [1.29, 1.82) is 0 Å². The fourth-order valence-electron chi connectivity index (χ4n) is 2.44. The third kappa shape index (κ3) is 3.48. The third-order valence-electron chi connectivity index (χ3n) is 3.68. The van der Waals surface area contributed by atoms with Gasteiger partial charge in [0.15, 0.2) is 4.77 Å². The van der Waals surface area contributed by atoms with Crippen LogP contribution in [0.25, 0.3) is 22.5 Å². The Hall–Kier alpha value is -1.83. The first-order valence-corrected chi connectivity index (χ1v) is 10.7. The predicted molar refractivity (Wildman–Crippen MR) is 102 cm³/mol. The van der Waals surface area contributed by atoms with E-state index in [1.165, 1.54) is 0 Å². The summed E-state index contributed by atoms with van der Waals surface area (Å²) in [6.45, 7) is 0. The molecule has 0 aliphatic rings. The molecule has 1 aromatic heterocycles. The average molecular weight is 377 g/mol. The van der Waals surface area contributed by atoms with Crippen LogP contribution < -0.4 is 0 Å². The second-order valence-electron chi connectivity index (χ2n) is 5.29. The van der Waals surface area contributed by atoms with Crippen molar-refractivity contribution in [3.8, 4) is 22.5 Å². The lowest BCUT2D eigenvalue weighted by atomic mass is 10.1. The Morgan fingerprint density at radius 1 is 0.708 bits per heavy atom. The Labute approximate surface area is 150 Å². The van der Waals surface area contributed by atoms with Crippen LogP contribution in [0.3, 0.4) is 0 Å². The summed E-state index contributed by atoms with van der Waals surface area (Å²) >= 11 is 5.25. The zero-order valence-corrected chi connectivity index (χ0v) is 15.6. The summed E-state index contributed by atoms with van der Waals surface area (Å²) in [5.41, 5.74) is 3.65. The molecule has 2 atom stereocenters. The molecule has 0 aliphatic heterocycles. The summed E-state index contributed by atoms with van der Waals surface area (Å²) in [4.78, 5) is 7.90. The van der Waals surface area contributed by atoms with Crippen molar-refractivity contribution in [1.82, 2.24) is 9.97 Å². The first-order chi connectivity index (χ1) is 11.5. The van der Waals surface area contributed by atoms with Crippen LogP contribution in [-0.2, 0) is 21.6 Å². The highest BCUT2D eigenvalue weighted by molar-refractivity contribution is 7.84. The molecule has 3 aromatic rings. The van der Waals surface area contributed by atoms with Gasteiger partial charge in [0, 0.05) is 55.0 Å². The largest absolute Gasteiger partial charge is 0.330 e. The summed E-state index contributed by atoms with van der Waals surface area (Å²) in [6, 6.07) is 15.1. The van der Waals surface area contributed by atoms with Crippen LogP contribution in [0.15, 0.2) is 58.3 Å². The topological polar surface area (TPSA) is 65.7 Å². The molecule has 0 amide bonds. The number of aromatic nitrogens is 2. The Balaban J connectivity index is 2.06. The zero-order valence-electron chi connectivity index (χ0n) is 13.2. The molecule has 2 unspecified atom stereocenters. The van der Waals surface area contributed by atoms with Crippen LogP contribution in [0.1, 0.15) is 0 Å². The number of hydrogen-bond acceptors (Lipinski definition) is 3. The van der Waals surface area contributed by atoms with Gasteiger partial charge in [-0.25, -0.2) is 0 Å². The molecule has 0 radical (unpaired) electrons. The van der Waals surface area contributed by atoms with Gasteiger partial charge in [-0.3, -0.25) is 8.42 Å². The van der Waals surface area contributed by atoms with Gasteiger partial charge in [-0.2, -0.15) is 0 Å². The van der Waals surface area contributed by atoms with Crippen molar-refractivity contribution in [2.24, 2.45) is 0 Å². The second kappa shape index (κ2) is 6.96. The number of aromatic amines is 2. The zero-order chi connectivity index (χ0) is 17.3. The minimum atomic E-state index is -1.00. The van der Waals surface area contributed by atoms with Gasteiger partial charge in [0.2, 0.25) is 0 Å². The molecule has 0 aliphatic carbocycles. The van der Waals surface area contributed by atoms with Crippen LogP contribution in [0, 0.1) is 4.77 Å². The number of imidazole rings is 1. The lowest BCUT2D eigenvalue weighted by molar-refractivity contribution is 0.686. The highest BCUT2D eigenvalue weighted by atomic mass is 32.2. The summed E-state index contributed by atoms with van der Waals surface area (Å²) < 4.78 is 23.6. The number of hydrogen-bond donors (Lipinski definition) is 2. The van der Waals surface area contributed by atoms with Crippen molar-refractivity contribution in [2.75, 3.05) is 12.5 Å². The Kier molecular flexibility index (Phi) is 4.93. The minimum Gasteiger partial charge on any atom is -0.330 e. The summed E-state index contributed by atoms with van der Waals surface area (Å²) in [5, 5.41) is 0. The molecule has 7 heteroatoms. The monoisotopic (exact) mass is 376 g/mol. The summed E-state index contributed by atoms with van der Waals surface area (Å²) in [7, 11) is -2.01. The van der Waals surface area contributed by atoms with Crippen LogP contribution >= 0.6 is 12.2 Å². The van der Waals surface area contributed by atoms with E-state index in [1.807, 2.05) is 48.5 Å². The van der Waals surface area contributed by atoms with Crippen molar-refractivity contribution < 1.29 is 8.42 Å². The molecule has 0 fully saturated rings. The lowest BCUT2D eigenvalue weighted by Crippen LogP contribution is -1.89. The fraction of sp³-hybridized carbons (Fsp3) is 0.118. The Morgan fingerprint density at radius 2 is 1.04 bits per heavy atom. The van der Waals surface area contributed by atoms with Crippen LogP contribution in [0.2, 0.25) is 0 Å². The lowest BCUT2D eigenvalue weighted by Gasteiger charge is -2.06. The van der Waals surface area contributed by atoms with Gasteiger partial charge in [-0.05, 0) is 36.5 Å². The molecule has 24 heavy (non-hydrogen) atoms. The SMILES string of the molecule is CS(=O)c1ccc(-c2[nH]c(=S)[nH]c2-c2ccc(S(C)=O)cc2)cc1. The fourth-order valence-corrected chi connectivity index (χ4v) is 3.69. The van der Waals surface area contributed by atoms with Crippen LogP contribution in [0.5, 0.6) is 0 Å². The molecule has 2 aromatic carbocycles. The Bertz CT molecular complexity index is 892. The average Bonchev–Trinajstić information content (AvgIpc) is 2.97. The first-order valence-electron chi connectivity index (χ1n) is 7.15. The van der Waals surface area contributed by atoms with Gasteiger partial charge in [-0.1, -0.05) is 24.3 Å². The van der Waals surface area contributed by atoms with E-state index in [-0.39, 0.29) is 0 Å². The van der Waals surface area contributed by atoms with Crippen molar-refractivity contribution in [3.05, 3.63) is 53.3 Å². The molecule has 2 N–H and O–H groups in total. The molecule has 124 valence electrons. The van der Waals surface area contributed by atoms with E-state index in [2.05, 4.69) is 9.97 Å².